The molecule has 1 aromatic carbocycles. The quantitative estimate of drug-likeness (QED) is 0.278. The summed E-state index contributed by atoms with van der Waals surface area (Å²) in [6.45, 7) is 8.89. The van der Waals surface area contributed by atoms with Gasteiger partial charge >= 0.3 is 17.9 Å². The fourth-order valence-corrected chi connectivity index (χ4v) is 4.16. The summed E-state index contributed by atoms with van der Waals surface area (Å²) in [5.74, 6) is -3.68. The second-order valence-corrected chi connectivity index (χ2v) is 9.76. The van der Waals surface area contributed by atoms with Crippen LogP contribution in [0.25, 0.3) is 0 Å². The molecule has 9 heteroatoms. The normalized spacial score (nSPS) is 24.7. The van der Waals surface area contributed by atoms with Gasteiger partial charge in [0.25, 0.3) is 5.91 Å². The summed E-state index contributed by atoms with van der Waals surface area (Å²) in [4.78, 5) is 51.7. The molecular formula is C27H39NO8. The third-order valence-electron chi connectivity index (χ3n) is 6.14. The highest BCUT2D eigenvalue weighted by atomic mass is 16.6. The van der Waals surface area contributed by atoms with Crippen molar-refractivity contribution in [2.24, 2.45) is 11.8 Å². The van der Waals surface area contributed by atoms with Gasteiger partial charge in [-0.15, -0.1) is 0 Å². The number of esters is 3. The monoisotopic (exact) mass is 505 g/mol. The largest absolute Gasteiger partial charge is 0.507 e. The van der Waals surface area contributed by atoms with Crippen molar-refractivity contribution in [3.8, 4) is 5.75 Å². The van der Waals surface area contributed by atoms with Crippen LogP contribution in [0.2, 0.25) is 0 Å². The van der Waals surface area contributed by atoms with E-state index in [0.29, 0.717) is 12.8 Å². The number of rotatable bonds is 10. The van der Waals surface area contributed by atoms with E-state index in [-0.39, 0.29) is 23.7 Å². The summed E-state index contributed by atoms with van der Waals surface area (Å²) >= 11 is 0. The first kappa shape index (κ1) is 29.1. The molecule has 0 aromatic heterocycles. The molecule has 1 heterocycles. The molecule has 1 aromatic rings. The summed E-state index contributed by atoms with van der Waals surface area (Å²) in [7, 11) is 0. The second kappa shape index (κ2) is 13.8. The first-order valence-electron chi connectivity index (χ1n) is 12.7. The third-order valence-corrected chi connectivity index (χ3v) is 6.14. The van der Waals surface area contributed by atoms with Crippen LogP contribution in [0, 0.1) is 11.8 Å². The van der Waals surface area contributed by atoms with Crippen molar-refractivity contribution in [2.45, 2.75) is 97.5 Å². The minimum Gasteiger partial charge on any atom is -0.507 e. The number of amides is 1. The molecule has 0 radical (unpaired) electrons. The zero-order valence-corrected chi connectivity index (χ0v) is 21.8. The Labute approximate surface area is 212 Å². The number of nitrogens with one attached hydrogen (secondary N) is 1. The van der Waals surface area contributed by atoms with E-state index in [1.165, 1.54) is 19.1 Å². The Morgan fingerprint density at radius 2 is 1.69 bits per heavy atom. The standard InChI is InChI=1S/C27H39NO8/c1-6-7-8-9-13-20-24(36-22(30)15-16(2)3)18(5)35-27(33)23(17(4)34-26(20)32)28-25(31)19-12-10-11-14-21(19)29/h10-12,14,16-18,20,23-24,29H,6-9,13,15H2,1-5H3,(H,28,31). The molecule has 2 rings (SSSR count). The predicted octanol–water partition coefficient (Wildman–Crippen LogP) is 3.91. The van der Waals surface area contributed by atoms with E-state index >= 15 is 0 Å². The summed E-state index contributed by atoms with van der Waals surface area (Å²) in [6, 6.07) is 4.56. The van der Waals surface area contributed by atoms with Crippen molar-refractivity contribution in [1.82, 2.24) is 5.32 Å². The highest BCUT2D eigenvalue weighted by Gasteiger charge is 2.43. The summed E-state index contributed by atoms with van der Waals surface area (Å²) in [5.41, 5.74) is -0.0361. The molecule has 1 aliphatic heterocycles. The van der Waals surface area contributed by atoms with Gasteiger partial charge in [-0.2, -0.15) is 0 Å². The van der Waals surface area contributed by atoms with Crippen molar-refractivity contribution in [3.05, 3.63) is 29.8 Å². The number of unbranched alkanes of at least 4 members (excludes halogenated alkanes) is 3. The maximum Gasteiger partial charge on any atom is 0.332 e. The number of phenolic OH excluding ortho intramolecular Hbond substituents is 1. The number of benzene rings is 1. The third kappa shape index (κ3) is 8.24. The predicted molar refractivity (Wildman–Crippen MR) is 132 cm³/mol. The SMILES string of the molecule is CCCCCCC1C(=O)OC(C)C(NC(=O)c2ccccc2O)C(=O)OC(C)C1OC(=O)CC(C)C. The lowest BCUT2D eigenvalue weighted by atomic mass is 9.92. The minimum atomic E-state index is -1.32. The molecule has 1 fully saturated rings. The van der Waals surface area contributed by atoms with Gasteiger partial charge in [-0.05, 0) is 38.3 Å². The average molecular weight is 506 g/mol. The number of carbonyl (C=O) groups excluding carboxylic acids is 4. The van der Waals surface area contributed by atoms with Crippen molar-refractivity contribution in [2.75, 3.05) is 0 Å². The first-order valence-corrected chi connectivity index (χ1v) is 12.7. The maximum absolute atomic E-state index is 13.3. The number of carbonyl (C=O) groups is 4. The molecule has 200 valence electrons. The summed E-state index contributed by atoms with van der Waals surface area (Å²) < 4.78 is 16.9. The lowest BCUT2D eigenvalue weighted by Crippen LogP contribution is -2.50. The zero-order chi connectivity index (χ0) is 26.8. The van der Waals surface area contributed by atoms with E-state index in [1.807, 2.05) is 13.8 Å². The van der Waals surface area contributed by atoms with E-state index < -0.39 is 54.1 Å². The smallest absolute Gasteiger partial charge is 0.332 e. The van der Waals surface area contributed by atoms with Crippen LogP contribution in [-0.4, -0.2) is 53.3 Å². The van der Waals surface area contributed by atoms with Crippen molar-refractivity contribution in [1.29, 1.82) is 0 Å². The number of hydrogen-bond acceptors (Lipinski definition) is 8. The van der Waals surface area contributed by atoms with Crippen LogP contribution >= 0.6 is 0 Å². The van der Waals surface area contributed by atoms with Gasteiger partial charge in [-0.3, -0.25) is 14.4 Å². The van der Waals surface area contributed by atoms with E-state index in [2.05, 4.69) is 12.2 Å². The van der Waals surface area contributed by atoms with E-state index in [4.69, 9.17) is 14.2 Å². The lowest BCUT2D eigenvalue weighted by Gasteiger charge is -2.29. The number of cyclic esters (lactones) is 2. The first-order chi connectivity index (χ1) is 17.0. The van der Waals surface area contributed by atoms with Gasteiger partial charge in [-0.1, -0.05) is 58.6 Å². The Bertz CT molecular complexity index is 915. The summed E-state index contributed by atoms with van der Waals surface area (Å²) in [5, 5.41) is 12.5. The van der Waals surface area contributed by atoms with Gasteiger partial charge < -0.3 is 24.6 Å². The average Bonchev–Trinajstić information content (AvgIpc) is 2.82. The molecule has 0 spiro atoms. The number of ether oxygens (including phenoxy) is 3. The van der Waals surface area contributed by atoms with Crippen LogP contribution in [0.15, 0.2) is 24.3 Å². The van der Waals surface area contributed by atoms with Gasteiger partial charge in [0.2, 0.25) is 0 Å². The van der Waals surface area contributed by atoms with Crippen LogP contribution in [0.3, 0.4) is 0 Å². The molecule has 2 N–H and O–H groups in total. The van der Waals surface area contributed by atoms with Gasteiger partial charge in [-0.25, -0.2) is 4.79 Å². The van der Waals surface area contributed by atoms with Gasteiger partial charge in [0.1, 0.15) is 18.0 Å². The number of hydrogen-bond donors (Lipinski definition) is 2. The fraction of sp³-hybridized carbons (Fsp3) is 0.630. The Morgan fingerprint density at radius 1 is 1.03 bits per heavy atom. The van der Waals surface area contributed by atoms with Crippen molar-refractivity contribution in [3.63, 3.8) is 0 Å². The second-order valence-electron chi connectivity index (χ2n) is 9.76. The van der Waals surface area contributed by atoms with Crippen LogP contribution in [-0.2, 0) is 28.6 Å². The Kier molecular flexibility index (Phi) is 11.2. The minimum absolute atomic E-state index is 0.0361. The molecule has 0 bridgehead atoms. The topological polar surface area (TPSA) is 128 Å². The van der Waals surface area contributed by atoms with E-state index in [1.54, 1.807) is 19.1 Å². The molecule has 1 amide bonds. The molecule has 1 saturated heterocycles. The Morgan fingerprint density at radius 3 is 2.33 bits per heavy atom. The highest BCUT2D eigenvalue weighted by molar-refractivity contribution is 5.99. The molecule has 5 atom stereocenters. The van der Waals surface area contributed by atoms with Crippen molar-refractivity contribution < 1.29 is 38.5 Å². The van der Waals surface area contributed by atoms with E-state index in [0.717, 1.165) is 19.3 Å². The summed E-state index contributed by atoms with van der Waals surface area (Å²) in [6.07, 6.45) is 1.17. The Hall–Kier alpha value is -3.10. The molecule has 36 heavy (non-hydrogen) atoms. The Balaban J connectivity index is 2.30. The van der Waals surface area contributed by atoms with Crippen LogP contribution in [0.1, 0.15) is 83.5 Å². The van der Waals surface area contributed by atoms with E-state index in [9.17, 15) is 24.3 Å². The zero-order valence-electron chi connectivity index (χ0n) is 21.8. The fourth-order valence-electron chi connectivity index (χ4n) is 4.16. The van der Waals surface area contributed by atoms with Crippen molar-refractivity contribution >= 4 is 23.8 Å². The maximum atomic E-state index is 13.3. The van der Waals surface area contributed by atoms with Gasteiger partial charge in [0.15, 0.2) is 12.1 Å². The number of para-hydroxylation sites is 1. The molecule has 1 aliphatic rings. The van der Waals surface area contributed by atoms with Gasteiger partial charge in [0.05, 0.1) is 11.5 Å². The van der Waals surface area contributed by atoms with Crippen LogP contribution in [0.5, 0.6) is 5.75 Å². The molecule has 0 saturated carbocycles. The molecule has 5 unspecified atom stereocenters. The van der Waals surface area contributed by atoms with Crippen LogP contribution < -0.4 is 5.32 Å². The number of phenols is 1. The molecular weight excluding hydrogens is 466 g/mol. The van der Waals surface area contributed by atoms with Crippen LogP contribution in [0.4, 0.5) is 0 Å². The van der Waals surface area contributed by atoms with Gasteiger partial charge in [0, 0.05) is 6.42 Å². The number of aromatic hydroxyl groups is 1. The highest BCUT2D eigenvalue weighted by Crippen LogP contribution is 2.27. The lowest BCUT2D eigenvalue weighted by molar-refractivity contribution is -0.175. The molecule has 9 nitrogen and oxygen atoms in total. The molecule has 0 aliphatic carbocycles.